The number of hydrogen-bond donors (Lipinski definition) is 2. The Hall–Kier alpha value is -3.48. The molecule has 0 spiro atoms. The van der Waals surface area contributed by atoms with E-state index >= 15 is 0 Å². The smallest absolute Gasteiger partial charge is 0.363 e. The van der Waals surface area contributed by atoms with Crippen LogP contribution in [0.2, 0.25) is 0 Å². The van der Waals surface area contributed by atoms with Crippen LogP contribution in [0.5, 0.6) is 5.75 Å². The molecular formula is C19H19N5O2. The number of nitrogens with one attached hydrogen (secondary N) is 2. The highest BCUT2D eigenvalue weighted by Crippen LogP contribution is 2.19. The van der Waals surface area contributed by atoms with Crippen LogP contribution in [0, 0.1) is 13.8 Å². The largest absolute Gasteiger partial charge is 0.488 e. The molecule has 0 atom stereocenters. The molecule has 7 heteroatoms. The minimum absolute atomic E-state index is 0.309. The van der Waals surface area contributed by atoms with E-state index in [1.165, 1.54) is 5.56 Å². The van der Waals surface area contributed by atoms with Gasteiger partial charge in [-0.3, -0.25) is 5.43 Å². The van der Waals surface area contributed by atoms with Crippen molar-refractivity contribution in [3.63, 3.8) is 0 Å². The van der Waals surface area contributed by atoms with Gasteiger partial charge in [-0.25, -0.2) is 9.89 Å². The number of aromatic amines is 1. The molecule has 0 saturated heterocycles. The lowest BCUT2D eigenvalue weighted by Gasteiger charge is -2.10. The van der Waals surface area contributed by atoms with Gasteiger partial charge in [-0.2, -0.15) is 15.2 Å². The van der Waals surface area contributed by atoms with E-state index in [1.54, 1.807) is 13.1 Å². The molecule has 0 aliphatic carbocycles. The summed E-state index contributed by atoms with van der Waals surface area (Å²) in [7, 11) is 0. The molecule has 2 N–H and O–H groups in total. The van der Waals surface area contributed by atoms with Crippen molar-refractivity contribution in [2.75, 3.05) is 5.43 Å². The van der Waals surface area contributed by atoms with Gasteiger partial charge >= 0.3 is 5.69 Å². The van der Waals surface area contributed by atoms with Crippen LogP contribution in [-0.2, 0) is 6.61 Å². The molecular weight excluding hydrogens is 330 g/mol. The van der Waals surface area contributed by atoms with Crippen molar-refractivity contribution in [3.05, 3.63) is 81.4 Å². The van der Waals surface area contributed by atoms with Gasteiger partial charge in [-0.05, 0) is 37.1 Å². The van der Waals surface area contributed by atoms with Crippen LogP contribution in [0.1, 0.15) is 22.4 Å². The molecule has 0 bridgehead atoms. The molecule has 0 saturated carbocycles. The molecule has 0 radical (unpaired) electrons. The minimum atomic E-state index is -0.532. The van der Waals surface area contributed by atoms with Crippen LogP contribution < -0.4 is 15.9 Å². The van der Waals surface area contributed by atoms with Crippen molar-refractivity contribution >= 4 is 12.0 Å². The highest BCUT2D eigenvalue weighted by atomic mass is 16.5. The van der Waals surface area contributed by atoms with Crippen molar-refractivity contribution < 1.29 is 4.74 Å². The van der Waals surface area contributed by atoms with Gasteiger partial charge in [0.1, 0.15) is 18.1 Å². The van der Waals surface area contributed by atoms with Gasteiger partial charge in [-0.15, -0.1) is 0 Å². The summed E-state index contributed by atoms with van der Waals surface area (Å²) in [6.45, 7) is 4.25. The number of benzene rings is 2. The molecule has 7 nitrogen and oxygen atoms in total. The van der Waals surface area contributed by atoms with Crippen LogP contribution in [0.15, 0.2) is 58.4 Å². The second-order valence-corrected chi connectivity index (χ2v) is 5.70. The van der Waals surface area contributed by atoms with Crippen LogP contribution in [-0.4, -0.2) is 21.4 Å². The second-order valence-electron chi connectivity index (χ2n) is 5.70. The predicted octanol–water partition coefficient (Wildman–Crippen LogP) is 2.81. The SMILES string of the molecule is Cc1ccccc1COc1ccccc1C=NNc1nc(=O)[nH]nc1C. The number of ether oxygens (including phenoxy) is 1. The third-order valence-electron chi connectivity index (χ3n) is 3.81. The Bertz CT molecular complexity index is 981. The van der Waals surface area contributed by atoms with Gasteiger partial charge in [0.05, 0.1) is 6.21 Å². The lowest BCUT2D eigenvalue weighted by molar-refractivity contribution is 0.305. The summed E-state index contributed by atoms with van der Waals surface area (Å²) in [5.41, 5.74) is 5.87. The zero-order chi connectivity index (χ0) is 18.4. The van der Waals surface area contributed by atoms with E-state index in [9.17, 15) is 4.79 Å². The van der Waals surface area contributed by atoms with Gasteiger partial charge in [0.2, 0.25) is 0 Å². The zero-order valence-electron chi connectivity index (χ0n) is 14.6. The molecule has 132 valence electrons. The van der Waals surface area contributed by atoms with Crippen LogP contribution in [0.4, 0.5) is 5.82 Å². The quantitative estimate of drug-likeness (QED) is 0.527. The fourth-order valence-electron chi connectivity index (χ4n) is 2.31. The monoisotopic (exact) mass is 349 g/mol. The van der Waals surface area contributed by atoms with Crippen LogP contribution >= 0.6 is 0 Å². The van der Waals surface area contributed by atoms with Gasteiger partial charge in [0, 0.05) is 5.56 Å². The first-order chi connectivity index (χ1) is 12.6. The van der Waals surface area contributed by atoms with E-state index in [2.05, 4.69) is 38.7 Å². The third-order valence-corrected chi connectivity index (χ3v) is 3.81. The Kier molecular flexibility index (Phi) is 5.38. The average molecular weight is 349 g/mol. The fourth-order valence-corrected chi connectivity index (χ4v) is 2.31. The van der Waals surface area contributed by atoms with Gasteiger partial charge in [0.15, 0.2) is 5.82 Å². The molecule has 3 rings (SSSR count). The molecule has 1 heterocycles. The normalized spacial score (nSPS) is 10.8. The van der Waals surface area contributed by atoms with Gasteiger partial charge in [0.25, 0.3) is 0 Å². The number of hydrogen-bond acceptors (Lipinski definition) is 6. The summed E-state index contributed by atoms with van der Waals surface area (Å²) in [5.74, 6) is 1.03. The molecule has 26 heavy (non-hydrogen) atoms. The Morgan fingerprint density at radius 1 is 1.15 bits per heavy atom. The van der Waals surface area contributed by atoms with Crippen molar-refractivity contribution in [1.29, 1.82) is 0 Å². The van der Waals surface area contributed by atoms with Crippen molar-refractivity contribution in [2.24, 2.45) is 5.10 Å². The summed E-state index contributed by atoms with van der Waals surface area (Å²) in [6.07, 6.45) is 1.62. The maximum Gasteiger partial charge on any atom is 0.363 e. The molecule has 0 amide bonds. The van der Waals surface area contributed by atoms with Crippen molar-refractivity contribution in [3.8, 4) is 5.75 Å². The van der Waals surface area contributed by atoms with Gasteiger partial charge in [-0.1, -0.05) is 36.4 Å². The summed E-state index contributed by atoms with van der Waals surface area (Å²) in [4.78, 5) is 15.0. The van der Waals surface area contributed by atoms with E-state index in [4.69, 9.17) is 4.74 Å². The first-order valence-corrected chi connectivity index (χ1v) is 8.12. The number of anilines is 1. The molecule has 2 aromatic carbocycles. The maximum atomic E-state index is 11.2. The Morgan fingerprint density at radius 3 is 2.77 bits per heavy atom. The summed E-state index contributed by atoms with van der Waals surface area (Å²) < 4.78 is 5.95. The Labute approximate surface area is 150 Å². The van der Waals surface area contributed by atoms with E-state index in [1.807, 2.05) is 42.5 Å². The van der Waals surface area contributed by atoms with E-state index in [0.717, 1.165) is 16.9 Å². The van der Waals surface area contributed by atoms with Crippen molar-refractivity contribution in [1.82, 2.24) is 15.2 Å². The number of rotatable bonds is 6. The maximum absolute atomic E-state index is 11.2. The molecule has 0 aliphatic rings. The Morgan fingerprint density at radius 2 is 1.92 bits per heavy atom. The molecule has 1 aromatic heterocycles. The number of aryl methyl sites for hydroxylation is 2. The third kappa shape index (κ3) is 4.32. The summed E-state index contributed by atoms with van der Waals surface area (Å²) >= 11 is 0. The van der Waals surface area contributed by atoms with Crippen molar-refractivity contribution in [2.45, 2.75) is 20.5 Å². The zero-order valence-corrected chi connectivity index (χ0v) is 14.6. The lowest BCUT2D eigenvalue weighted by atomic mass is 10.1. The first kappa shape index (κ1) is 17.3. The molecule has 0 unspecified atom stereocenters. The van der Waals surface area contributed by atoms with Crippen LogP contribution in [0.25, 0.3) is 0 Å². The lowest BCUT2D eigenvalue weighted by Crippen LogP contribution is -2.15. The van der Waals surface area contributed by atoms with E-state index in [0.29, 0.717) is 18.1 Å². The predicted molar refractivity (Wildman–Crippen MR) is 101 cm³/mol. The Balaban J connectivity index is 1.71. The molecule has 3 aromatic rings. The van der Waals surface area contributed by atoms with E-state index < -0.39 is 5.69 Å². The highest BCUT2D eigenvalue weighted by molar-refractivity contribution is 5.83. The molecule has 0 aliphatic heterocycles. The minimum Gasteiger partial charge on any atom is -0.488 e. The second kappa shape index (κ2) is 8.06. The number of nitrogens with zero attached hydrogens (tertiary/aromatic N) is 3. The average Bonchev–Trinajstić information content (AvgIpc) is 2.65. The van der Waals surface area contributed by atoms with Gasteiger partial charge < -0.3 is 4.74 Å². The van der Waals surface area contributed by atoms with E-state index in [-0.39, 0.29) is 0 Å². The fraction of sp³-hybridized carbons (Fsp3) is 0.158. The number of para-hydroxylation sites is 1. The molecule has 0 fully saturated rings. The standard InChI is InChI=1S/C19H19N5O2/c1-13-7-3-4-9-16(13)12-26-17-10-6-5-8-15(17)11-20-23-18-14(2)22-24-19(25)21-18/h3-11H,12H2,1-2H3,(H2,21,23,24,25). The highest BCUT2D eigenvalue weighted by Gasteiger charge is 2.04. The first-order valence-electron chi connectivity index (χ1n) is 8.12. The number of hydrazone groups is 1. The topological polar surface area (TPSA) is 92.3 Å². The number of H-pyrrole nitrogens is 1. The summed E-state index contributed by atoms with van der Waals surface area (Å²) in [6, 6.07) is 15.7. The number of aromatic nitrogens is 3. The van der Waals surface area contributed by atoms with Crippen LogP contribution in [0.3, 0.4) is 0 Å². The summed E-state index contributed by atoms with van der Waals surface area (Å²) in [5, 5.41) is 10.2.